The predicted molar refractivity (Wildman–Crippen MR) is 52.3 cm³/mol. The molecule has 0 bridgehead atoms. The Labute approximate surface area is 80.5 Å². The van der Waals surface area contributed by atoms with E-state index in [0.29, 0.717) is 5.92 Å². The minimum Gasteiger partial charge on any atom is -0.393 e. The van der Waals surface area contributed by atoms with Gasteiger partial charge in [-0.15, -0.1) is 0 Å². The van der Waals surface area contributed by atoms with Crippen molar-refractivity contribution in [3.8, 4) is 0 Å². The van der Waals surface area contributed by atoms with Crippen molar-refractivity contribution in [1.82, 2.24) is 0 Å². The van der Waals surface area contributed by atoms with Crippen molar-refractivity contribution in [2.24, 2.45) is 23.7 Å². The number of hydrogen-bond acceptors (Lipinski definition) is 1. The fraction of sp³-hybridized carbons (Fsp3) is 1.00. The van der Waals surface area contributed by atoms with Crippen LogP contribution in [-0.2, 0) is 0 Å². The molecule has 1 heteroatoms. The van der Waals surface area contributed by atoms with E-state index in [4.69, 9.17) is 0 Å². The van der Waals surface area contributed by atoms with Gasteiger partial charge in [0.1, 0.15) is 0 Å². The Bertz CT molecular complexity index is 201. The molecule has 3 aliphatic carbocycles. The van der Waals surface area contributed by atoms with Gasteiger partial charge in [-0.1, -0.05) is 19.3 Å². The van der Waals surface area contributed by atoms with E-state index in [1.807, 2.05) is 0 Å². The van der Waals surface area contributed by atoms with E-state index in [1.54, 1.807) is 0 Å². The van der Waals surface area contributed by atoms with Gasteiger partial charge in [-0.05, 0) is 49.4 Å². The Morgan fingerprint density at radius 2 is 1.46 bits per heavy atom. The van der Waals surface area contributed by atoms with Crippen LogP contribution in [0.4, 0.5) is 0 Å². The summed E-state index contributed by atoms with van der Waals surface area (Å²) in [7, 11) is 0. The van der Waals surface area contributed by atoms with Gasteiger partial charge in [0.25, 0.3) is 0 Å². The SMILES string of the molecule is O[C@@H]1C[C@H]2CCC[C@@H]2[C@H]2CCC[C@H]21. The molecule has 0 spiro atoms. The van der Waals surface area contributed by atoms with Crippen LogP contribution in [0, 0.1) is 23.7 Å². The van der Waals surface area contributed by atoms with Crippen molar-refractivity contribution in [3.05, 3.63) is 0 Å². The third-order valence-electron chi connectivity index (χ3n) is 4.93. The highest BCUT2D eigenvalue weighted by Crippen LogP contribution is 2.53. The summed E-state index contributed by atoms with van der Waals surface area (Å²) in [6.45, 7) is 0. The molecule has 0 heterocycles. The van der Waals surface area contributed by atoms with Gasteiger partial charge < -0.3 is 5.11 Å². The quantitative estimate of drug-likeness (QED) is 0.607. The van der Waals surface area contributed by atoms with E-state index >= 15 is 0 Å². The van der Waals surface area contributed by atoms with Crippen LogP contribution in [-0.4, -0.2) is 11.2 Å². The third-order valence-corrected chi connectivity index (χ3v) is 4.93. The lowest BCUT2D eigenvalue weighted by Gasteiger charge is -2.39. The molecule has 3 fully saturated rings. The third kappa shape index (κ3) is 1.16. The van der Waals surface area contributed by atoms with Crippen molar-refractivity contribution in [2.45, 2.75) is 51.0 Å². The molecule has 1 nitrogen and oxygen atoms in total. The lowest BCUT2D eigenvalue weighted by atomic mass is 9.68. The zero-order chi connectivity index (χ0) is 8.84. The summed E-state index contributed by atoms with van der Waals surface area (Å²) in [5.41, 5.74) is 0. The second kappa shape index (κ2) is 2.98. The number of hydrogen-bond donors (Lipinski definition) is 1. The first kappa shape index (κ1) is 8.28. The number of rotatable bonds is 0. The molecule has 0 radical (unpaired) electrons. The van der Waals surface area contributed by atoms with Gasteiger partial charge >= 0.3 is 0 Å². The molecule has 5 atom stereocenters. The van der Waals surface area contributed by atoms with Crippen molar-refractivity contribution in [3.63, 3.8) is 0 Å². The Balaban J connectivity index is 1.84. The molecular weight excluding hydrogens is 160 g/mol. The molecule has 74 valence electrons. The van der Waals surface area contributed by atoms with Crippen LogP contribution in [0.2, 0.25) is 0 Å². The average molecular weight is 180 g/mol. The molecule has 3 rings (SSSR count). The molecule has 0 aromatic heterocycles. The molecule has 0 unspecified atom stereocenters. The summed E-state index contributed by atoms with van der Waals surface area (Å²) < 4.78 is 0. The maximum atomic E-state index is 10.0. The molecule has 0 aromatic carbocycles. The molecular formula is C12H20O. The van der Waals surface area contributed by atoms with Gasteiger partial charge in [-0.3, -0.25) is 0 Å². The van der Waals surface area contributed by atoms with Gasteiger partial charge in [0, 0.05) is 0 Å². The largest absolute Gasteiger partial charge is 0.393 e. The molecule has 13 heavy (non-hydrogen) atoms. The Hall–Kier alpha value is -0.0400. The van der Waals surface area contributed by atoms with Gasteiger partial charge in [0.15, 0.2) is 0 Å². The van der Waals surface area contributed by atoms with Crippen molar-refractivity contribution >= 4 is 0 Å². The zero-order valence-corrected chi connectivity index (χ0v) is 8.28. The van der Waals surface area contributed by atoms with Crippen LogP contribution in [0.1, 0.15) is 44.9 Å². The highest BCUT2D eigenvalue weighted by Gasteiger charge is 2.47. The molecule has 3 saturated carbocycles. The van der Waals surface area contributed by atoms with Crippen LogP contribution in [0.5, 0.6) is 0 Å². The molecule has 3 aliphatic rings. The number of aliphatic hydroxyl groups is 1. The summed E-state index contributed by atoms with van der Waals surface area (Å²) in [5, 5.41) is 10.0. The van der Waals surface area contributed by atoms with Gasteiger partial charge in [-0.2, -0.15) is 0 Å². The van der Waals surface area contributed by atoms with Crippen LogP contribution >= 0.6 is 0 Å². The fourth-order valence-corrected chi connectivity index (χ4v) is 4.43. The first-order valence-corrected chi connectivity index (χ1v) is 6.04. The van der Waals surface area contributed by atoms with E-state index in [2.05, 4.69) is 0 Å². The van der Waals surface area contributed by atoms with E-state index in [1.165, 1.54) is 38.5 Å². The van der Waals surface area contributed by atoms with Crippen LogP contribution in [0.25, 0.3) is 0 Å². The summed E-state index contributed by atoms with van der Waals surface area (Å²) >= 11 is 0. The number of fused-ring (bicyclic) bond motifs is 3. The maximum Gasteiger partial charge on any atom is 0.0573 e. The Morgan fingerprint density at radius 3 is 2.38 bits per heavy atom. The second-order valence-electron chi connectivity index (χ2n) is 5.42. The van der Waals surface area contributed by atoms with Crippen LogP contribution in [0.3, 0.4) is 0 Å². The molecule has 0 aliphatic heterocycles. The average Bonchev–Trinajstić information content (AvgIpc) is 2.66. The lowest BCUT2D eigenvalue weighted by molar-refractivity contribution is -0.00595. The van der Waals surface area contributed by atoms with Crippen molar-refractivity contribution < 1.29 is 5.11 Å². The van der Waals surface area contributed by atoms with Crippen molar-refractivity contribution in [1.29, 1.82) is 0 Å². The van der Waals surface area contributed by atoms with Gasteiger partial charge in [-0.25, -0.2) is 0 Å². The number of aliphatic hydroxyl groups excluding tert-OH is 1. The minimum atomic E-state index is 0.0619. The van der Waals surface area contributed by atoms with Gasteiger partial charge in [0.05, 0.1) is 6.10 Å². The monoisotopic (exact) mass is 180 g/mol. The molecule has 0 saturated heterocycles. The lowest BCUT2D eigenvalue weighted by Crippen LogP contribution is -2.38. The highest BCUT2D eigenvalue weighted by molar-refractivity contribution is 4.97. The van der Waals surface area contributed by atoms with Crippen molar-refractivity contribution in [2.75, 3.05) is 0 Å². The second-order valence-corrected chi connectivity index (χ2v) is 5.42. The molecule has 0 amide bonds. The zero-order valence-electron chi connectivity index (χ0n) is 8.28. The van der Waals surface area contributed by atoms with Crippen LogP contribution in [0.15, 0.2) is 0 Å². The van der Waals surface area contributed by atoms with Crippen LogP contribution < -0.4 is 0 Å². The first-order valence-electron chi connectivity index (χ1n) is 6.04. The minimum absolute atomic E-state index is 0.0619. The van der Waals surface area contributed by atoms with E-state index < -0.39 is 0 Å². The fourth-order valence-electron chi connectivity index (χ4n) is 4.43. The van der Waals surface area contributed by atoms with E-state index in [0.717, 1.165) is 24.2 Å². The first-order chi connectivity index (χ1) is 6.36. The predicted octanol–water partition coefficient (Wildman–Crippen LogP) is 2.58. The Morgan fingerprint density at radius 1 is 0.769 bits per heavy atom. The highest BCUT2D eigenvalue weighted by atomic mass is 16.3. The normalized spacial score (nSPS) is 54.7. The summed E-state index contributed by atoms with van der Waals surface area (Å²) in [5.74, 6) is 3.51. The Kier molecular flexibility index (Phi) is 1.90. The summed E-state index contributed by atoms with van der Waals surface area (Å²) in [4.78, 5) is 0. The molecule has 0 aromatic rings. The summed E-state index contributed by atoms with van der Waals surface area (Å²) in [6.07, 6.45) is 9.63. The molecule has 1 N–H and O–H groups in total. The summed E-state index contributed by atoms with van der Waals surface area (Å²) in [6, 6.07) is 0. The van der Waals surface area contributed by atoms with E-state index in [-0.39, 0.29) is 6.10 Å². The topological polar surface area (TPSA) is 20.2 Å². The standard InChI is InChI=1S/C12H20O/c13-12-7-8-3-1-4-9(8)10-5-2-6-11(10)12/h8-13H,1-7H2/t8-,9+,10-,11-,12-/m1/s1. The smallest absolute Gasteiger partial charge is 0.0573 e. The van der Waals surface area contributed by atoms with Gasteiger partial charge in [0.2, 0.25) is 0 Å². The van der Waals surface area contributed by atoms with E-state index in [9.17, 15) is 5.11 Å². The maximum absolute atomic E-state index is 10.0.